The third kappa shape index (κ3) is 3.75. The summed E-state index contributed by atoms with van der Waals surface area (Å²) in [5, 5.41) is 3.98. The summed E-state index contributed by atoms with van der Waals surface area (Å²) in [5.74, 6) is 1.49. The first-order valence-electron chi connectivity index (χ1n) is 6.35. The van der Waals surface area contributed by atoms with Gasteiger partial charge in [0.2, 0.25) is 0 Å². The number of hydrogen-bond acceptors (Lipinski definition) is 5. The number of pyridine rings is 1. The average Bonchev–Trinajstić information content (AvgIpc) is 2.83. The Hall–Kier alpha value is -1.95. The minimum absolute atomic E-state index is 0.165. The number of rotatable bonds is 6. The summed E-state index contributed by atoms with van der Waals surface area (Å²) in [6.07, 6.45) is 4.96. The van der Waals surface area contributed by atoms with E-state index in [0.29, 0.717) is 6.61 Å². The van der Waals surface area contributed by atoms with Gasteiger partial charge in [0.25, 0.3) is 0 Å². The highest BCUT2D eigenvalue weighted by Crippen LogP contribution is 2.12. The van der Waals surface area contributed by atoms with Crippen LogP contribution in [0.1, 0.15) is 24.9 Å². The molecule has 0 radical (unpaired) electrons. The van der Waals surface area contributed by atoms with Crippen LogP contribution in [-0.4, -0.2) is 25.8 Å². The van der Waals surface area contributed by atoms with Crippen molar-refractivity contribution in [3.63, 3.8) is 0 Å². The fraction of sp³-hybridized carbons (Fsp3) is 0.462. The molecule has 2 rings (SSSR count). The zero-order valence-electron chi connectivity index (χ0n) is 11.3. The highest BCUT2D eigenvalue weighted by molar-refractivity contribution is 5.20. The van der Waals surface area contributed by atoms with Crippen LogP contribution >= 0.6 is 0 Å². The van der Waals surface area contributed by atoms with Gasteiger partial charge in [-0.25, -0.2) is 4.98 Å². The Morgan fingerprint density at radius 1 is 1.37 bits per heavy atom. The lowest BCUT2D eigenvalue weighted by molar-refractivity contribution is 0.288. The van der Waals surface area contributed by atoms with Gasteiger partial charge in [0.15, 0.2) is 5.82 Å². The third-order valence-electron chi connectivity index (χ3n) is 2.97. The maximum atomic E-state index is 5.89. The molecule has 2 aromatic rings. The molecule has 1 unspecified atom stereocenters. The van der Waals surface area contributed by atoms with Crippen LogP contribution in [0.5, 0.6) is 5.75 Å². The van der Waals surface area contributed by atoms with Crippen molar-refractivity contribution < 1.29 is 4.74 Å². The fourth-order valence-corrected chi connectivity index (χ4v) is 1.63. The molecule has 0 aromatic carbocycles. The maximum Gasteiger partial charge on any atom is 0.164 e. The van der Waals surface area contributed by atoms with E-state index < -0.39 is 0 Å². The van der Waals surface area contributed by atoms with Gasteiger partial charge >= 0.3 is 0 Å². The molecular weight excluding hydrogens is 242 g/mol. The van der Waals surface area contributed by atoms with E-state index in [2.05, 4.69) is 22.0 Å². The largest absolute Gasteiger partial charge is 0.484 e. The summed E-state index contributed by atoms with van der Waals surface area (Å²) >= 11 is 0. The molecule has 6 nitrogen and oxygen atoms in total. The van der Waals surface area contributed by atoms with Crippen LogP contribution in [0.2, 0.25) is 0 Å². The van der Waals surface area contributed by atoms with Gasteiger partial charge in [0.1, 0.15) is 18.7 Å². The SMILES string of the molecule is CCC(N)Cc1ccc(OCc2ncnn2C)cn1. The highest BCUT2D eigenvalue weighted by atomic mass is 16.5. The number of aryl methyl sites for hydroxylation is 1. The molecule has 0 aliphatic carbocycles. The minimum Gasteiger partial charge on any atom is -0.484 e. The van der Waals surface area contributed by atoms with Crippen molar-refractivity contribution in [3.05, 3.63) is 36.2 Å². The summed E-state index contributed by atoms with van der Waals surface area (Å²) in [4.78, 5) is 8.43. The van der Waals surface area contributed by atoms with Crippen LogP contribution in [0.4, 0.5) is 0 Å². The zero-order valence-corrected chi connectivity index (χ0v) is 11.3. The molecule has 0 aliphatic rings. The van der Waals surface area contributed by atoms with Gasteiger partial charge in [-0.1, -0.05) is 6.92 Å². The maximum absolute atomic E-state index is 5.89. The number of nitrogens with two attached hydrogens (primary N) is 1. The standard InChI is InChI=1S/C13H19N5O/c1-3-10(14)6-11-4-5-12(7-15-11)19-8-13-16-9-17-18(13)2/h4-5,7,9-10H,3,6,8,14H2,1-2H3. The molecule has 1 atom stereocenters. The van der Waals surface area contributed by atoms with Crippen molar-refractivity contribution in [1.82, 2.24) is 19.7 Å². The van der Waals surface area contributed by atoms with Gasteiger partial charge < -0.3 is 10.5 Å². The fourth-order valence-electron chi connectivity index (χ4n) is 1.63. The summed E-state index contributed by atoms with van der Waals surface area (Å²) in [6, 6.07) is 4.01. The minimum atomic E-state index is 0.165. The lowest BCUT2D eigenvalue weighted by atomic mass is 10.1. The Balaban J connectivity index is 1.90. The molecule has 0 saturated carbocycles. The second-order valence-electron chi connectivity index (χ2n) is 4.45. The van der Waals surface area contributed by atoms with Crippen LogP contribution in [0.3, 0.4) is 0 Å². The Morgan fingerprint density at radius 2 is 2.21 bits per heavy atom. The van der Waals surface area contributed by atoms with Gasteiger partial charge in [-0.2, -0.15) is 5.10 Å². The highest BCUT2D eigenvalue weighted by Gasteiger charge is 2.04. The Morgan fingerprint density at radius 3 is 2.79 bits per heavy atom. The van der Waals surface area contributed by atoms with Crippen LogP contribution in [0.25, 0.3) is 0 Å². The molecule has 0 spiro atoms. The topological polar surface area (TPSA) is 78.9 Å². The second-order valence-corrected chi connectivity index (χ2v) is 4.45. The number of hydrogen-bond donors (Lipinski definition) is 1. The van der Waals surface area contributed by atoms with E-state index in [1.165, 1.54) is 6.33 Å². The van der Waals surface area contributed by atoms with Crippen molar-refractivity contribution in [3.8, 4) is 5.75 Å². The monoisotopic (exact) mass is 261 g/mol. The predicted molar refractivity (Wildman–Crippen MR) is 71.5 cm³/mol. The van der Waals surface area contributed by atoms with Crippen molar-refractivity contribution in [1.29, 1.82) is 0 Å². The molecule has 0 aliphatic heterocycles. The molecule has 102 valence electrons. The first-order valence-corrected chi connectivity index (χ1v) is 6.35. The van der Waals surface area contributed by atoms with Crippen molar-refractivity contribution in [2.24, 2.45) is 12.8 Å². The van der Waals surface area contributed by atoms with Crippen molar-refractivity contribution in [2.75, 3.05) is 0 Å². The molecule has 0 bridgehead atoms. The van der Waals surface area contributed by atoms with Crippen molar-refractivity contribution >= 4 is 0 Å². The third-order valence-corrected chi connectivity index (χ3v) is 2.97. The van der Waals surface area contributed by atoms with Crippen LogP contribution in [0, 0.1) is 0 Å². The molecule has 2 N–H and O–H groups in total. The molecule has 19 heavy (non-hydrogen) atoms. The van der Waals surface area contributed by atoms with Gasteiger partial charge in [0.05, 0.1) is 6.20 Å². The van der Waals surface area contributed by atoms with Crippen LogP contribution < -0.4 is 10.5 Å². The summed E-state index contributed by atoms with van der Waals surface area (Å²) in [6.45, 7) is 2.45. The summed E-state index contributed by atoms with van der Waals surface area (Å²) in [7, 11) is 1.83. The summed E-state index contributed by atoms with van der Waals surface area (Å²) in [5.41, 5.74) is 6.88. The van der Waals surface area contributed by atoms with Crippen molar-refractivity contribution in [2.45, 2.75) is 32.4 Å². The van der Waals surface area contributed by atoms with Gasteiger partial charge in [-0.05, 0) is 18.6 Å². The molecule has 6 heteroatoms. The number of nitrogens with zero attached hydrogens (tertiary/aromatic N) is 4. The predicted octanol–water partition coefficient (Wildman–Crippen LogP) is 1.07. The molecule has 0 saturated heterocycles. The van der Waals surface area contributed by atoms with E-state index in [1.807, 2.05) is 19.2 Å². The molecule has 0 amide bonds. The van der Waals surface area contributed by atoms with Crippen LogP contribution in [0.15, 0.2) is 24.7 Å². The zero-order chi connectivity index (χ0) is 13.7. The van der Waals surface area contributed by atoms with E-state index in [-0.39, 0.29) is 6.04 Å². The van der Waals surface area contributed by atoms with Gasteiger partial charge in [0, 0.05) is 25.2 Å². The normalized spacial score (nSPS) is 12.4. The lowest BCUT2D eigenvalue weighted by Gasteiger charge is -2.09. The van der Waals surface area contributed by atoms with Gasteiger partial charge in [-0.15, -0.1) is 0 Å². The molecule has 2 aromatic heterocycles. The average molecular weight is 261 g/mol. The van der Waals surface area contributed by atoms with E-state index >= 15 is 0 Å². The lowest BCUT2D eigenvalue weighted by Crippen LogP contribution is -2.21. The van der Waals surface area contributed by atoms with E-state index in [4.69, 9.17) is 10.5 Å². The Kier molecular flexibility index (Phi) is 4.46. The molecule has 0 fully saturated rings. The van der Waals surface area contributed by atoms with E-state index in [1.54, 1.807) is 10.9 Å². The molecule has 2 heterocycles. The molecular formula is C13H19N5O. The number of ether oxygens (including phenoxy) is 1. The Labute approximate surface area is 112 Å². The van der Waals surface area contributed by atoms with E-state index in [0.717, 1.165) is 30.1 Å². The van der Waals surface area contributed by atoms with Crippen LogP contribution in [-0.2, 0) is 20.1 Å². The van der Waals surface area contributed by atoms with E-state index in [9.17, 15) is 0 Å². The van der Waals surface area contributed by atoms with Gasteiger partial charge in [-0.3, -0.25) is 9.67 Å². The first-order chi connectivity index (χ1) is 9.19. The smallest absolute Gasteiger partial charge is 0.164 e. The first kappa shape index (κ1) is 13.5. The Bertz CT molecular complexity index is 508. The number of aromatic nitrogens is 4. The quantitative estimate of drug-likeness (QED) is 0.841. The summed E-state index contributed by atoms with van der Waals surface area (Å²) < 4.78 is 7.28. The second kappa shape index (κ2) is 6.29.